The maximum Gasteiger partial charge on any atom is 0.246 e. The Bertz CT molecular complexity index is 1260. The van der Waals surface area contributed by atoms with E-state index in [1.807, 2.05) is 18.2 Å². The molecule has 0 aliphatic carbocycles. The minimum absolute atomic E-state index is 0.118. The SMILES string of the molecule is COc1cccc(-c2noc(CN(C)C(=O)[C@@H]3CCCN(S(=O)(=O)c4ccc(Cl)cc4)C3)n2)c1. The second-order valence-corrected chi connectivity index (χ2v) is 10.5. The van der Waals surface area contributed by atoms with Gasteiger partial charge in [0, 0.05) is 30.7 Å². The lowest BCUT2D eigenvalue weighted by molar-refractivity contribution is -0.136. The Hall–Kier alpha value is -2.95. The van der Waals surface area contributed by atoms with Crippen LogP contribution in [-0.2, 0) is 21.4 Å². The lowest BCUT2D eigenvalue weighted by Crippen LogP contribution is -2.45. The van der Waals surface area contributed by atoms with E-state index < -0.39 is 15.9 Å². The number of carbonyl (C=O) groups excluding carboxylic acids is 1. The molecule has 3 aromatic rings. The van der Waals surface area contributed by atoms with Crippen molar-refractivity contribution in [3.05, 3.63) is 59.4 Å². The molecule has 180 valence electrons. The number of sulfonamides is 1. The van der Waals surface area contributed by atoms with E-state index in [0.29, 0.717) is 36.0 Å². The van der Waals surface area contributed by atoms with Crippen LogP contribution >= 0.6 is 11.6 Å². The average Bonchev–Trinajstić information content (AvgIpc) is 3.32. The van der Waals surface area contributed by atoms with Gasteiger partial charge >= 0.3 is 0 Å². The topological polar surface area (TPSA) is 106 Å². The van der Waals surface area contributed by atoms with Gasteiger partial charge in [-0.3, -0.25) is 4.79 Å². The number of ether oxygens (including phenoxy) is 1. The van der Waals surface area contributed by atoms with Gasteiger partial charge in [-0.25, -0.2) is 8.42 Å². The molecule has 1 saturated heterocycles. The number of methoxy groups -OCH3 is 1. The van der Waals surface area contributed by atoms with Crippen molar-refractivity contribution in [2.75, 3.05) is 27.2 Å². The molecule has 1 aromatic heterocycles. The molecule has 9 nitrogen and oxygen atoms in total. The zero-order chi connectivity index (χ0) is 24.3. The minimum Gasteiger partial charge on any atom is -0.497 e. The summed E-state index contributed by atoms with van der Waals surface area (Å²) in [5.41, 5.74) is 0.735. The Balaban J connectivity index is 1.41. The van der Waals surface area contributed by atoms with Gasteiger partial charge in [-0.05, 0) is 49.2 Å². The Labute approximate surface area is 203 Å². The van der Waals surface area contributed by atoms with Crippen LogP contribution in [0.25, 0.3) is 11.4 Å². The van der Waals surface area contributed by atoms with Crippen molar-refractivity contribution in [2.45, 2.75) is 24.3 Å². The standard InChI is InChI=1S/C23H25ClN4O5S/c1-27(15-21-25-22(26-33-21)16-5-3-7-19(13-16)32-2)23(29)17-6-4-12-28(14-17)34(30,31)20-10-8-18(24)9-11-20/h3,5,7-11,13,17H,4,6,12,14-15H2,1-2H3/t17-/m1/s1. The predicted molar refractivity (Wildman–Crippen MR) is 126 cm³/mol. The third-order valence-electron chi connectivity index (χ3n) is 5.73. The van der Waals surface area contributed by atoms with Crippen molar-refractivity contribution in [3.63, 3.8) is 0 Å². The molecule has 1 amide bonds. The molecule has 0 bridgehead atoms. The van der Waals surface area contributed by atoms with Gasteiger partial charge in [-0.15, -0.1) is 0 Å². The molecule has 1 atom stereocenters. The molecular formula is C23H25ClN4O5S. The molecule has 0 radical (unpaired) electrons. The second-order valence-electron chi connectivity index (χ2n) is 8.09. The van der Waals surface area contributed by atoms with E-state index in [9.17, 15) is 13.2 Å². The summed E-state index contributed by atoms with van der Waals surface area (Å²) in [6, 6.07) is 13.3. The average molecular weight is 505 g/mol. The molecule has 1 aliphatic heterocycles. The van der Waals surface area contributed by atoms with E-state index in [4.69, 9.17) is 20.9 Å². The highest BCUT2D eigenvalue weighted by Gasteiger charge is 2.34. The number of aromatic nitrogens is 2. The van der Waals surface area contributed by atoms with Crippen LogP contribution < -0.4 is 4.74 Å². The third-order valence-corrected chi connectivity index (χ3v) is 7.86. The van der Waals surface area contributed by atoms with Gasteiger partial charge in [0.1, 0.15) is 5.75 Å². The third kappa shape index (κ3) is 5.24. The zero-order valence-corrected chi connectivity index (χ0v) is 20.4. The molecule has 0 N–H and O–H groups in total. The smallest absolute Gasteiger partial charge is 0.246 e. The first-order chi connectivity index (χ1) is 16.3. The lowest BCUT2D eigenvalue weighted by Gasteiger charge is -2.33. The summed E-state index contributed by atoms with van der Waals surface area (Å²) in [7, 11) is -0.489. The molecule has 0 spiro atoms. The van der Waals surface area contributed by atoms with E-state index in [-0.39, 0.29) is 29.8 Å². The summed E-state index contributed by atoms with van der Waals surface area (Å²) in [5, 5.41) is 4.46. The Morgan fingerprint density at radius 3 is 2.76 bits per heavy atom. The molecule has 1 fully saturated rings. The summed E-state index contributed by atoms with van der Waals surface area (Å²) in [5.74, 6) is 0.730. The highest BCUT2D eigenvalue weighted by molar-refractivity contribution is 7.89. The minimum atomic E-state index is -3.71. The first-order valence-corrected chi connectivity index (χ1v) is 12.6. The summed E-state index contributed by atoms with van der Waals surface area (Å²) < 4.78 is 38.0. The van der Waals surface area contributed by atoms with Crippen LogP contribution in [-0.4, -0.2) is 60.9 Å². The van der Waals surface area contributed by atoms with E-state index in [0.717, 1.165) is 5.56 Å². The zero-order valence-electron chi connectivity index (χ0n) is 18.8. The number of rotatable bonds is 7. The molecule has 11 heteroatoms. The maximum absolute atomic E-state index is 13.1. The molecule has 0 saturated carbocycles. The number of hydrogen-bond donors (Lipinski definition) is 0. The monoisotopic (exact) mass is 504 g/mol. The number of amides is 1. The van der Waals surface area contributed by atoms with E-state index in [1.165, 1.54) is 21.3 Å². The Morgan fingerprint density at radius 1 is 1.26 bits per heavy atom. The molecule has 2 heterocycles. The molecule has 0 unspecified atom stereocenters. The number of nitrogens with zero attached hydrogens (tertiary/aromatic N) is 4. The van der Waals surface area contributed by atoms with Gasteiger partial charge in [-0.1, -0.05) is 28.9 Å². The molecule has 1 aliphatic rings. The molecular weight excluding hydrogens is 480 g/mol. The van der Waals surface area contributed by atoms with Gasteiger partial charge < -0.3 is 14.2 Å². The van der Waals surface area contributed by atoms with Crippen LogP contribution in [0.15, 0.2) is 57.9 Å². The fourth-order valence-corrected chi connectivity index (χ4v) is 5.56. The number of halogens is 1. The molecule has 2 aromatic carbocycles. The predicted octanol–water partition coefficient (Wildman–Crippen LogP) is 3.46. The number of hydrogen-bond acceptors (Lipinski definition) is 7. The van der Waals surface area contributed by atoms with Crippen molar-refractivity contribution >= 4 is 27.5 Å². The first-order valence-electron chi connectivity index (χ1n) is 10.8. The van der Waals surface area contributed by atoms with Crippen LogP contribution in [0.1, 0.15) is 18.7 Å². The van der Waals surface area contributed by atoms with Gasteiger partial charge in [0.15, 0.2) is 0 Å². The largest absolute Gasteiger partial charge is 0.497 e. The van der Waals surface area contributed by atoms with E-state index in [1.54, 1.807) is 32.4 Å². The van der Waals surface area contributed by atoms with Crippen LogP contribution in [0.3, 0.4) is 0 Å². The number of carbonyl (C=O) groups is 1. The summed E-state index contributed by atoms with van der Waals surface area (Å²) in [6.07, 6.45) is 1.20. The molecule has 34 heavy (non-hydrogen) atoms. The van der Waals surface area contributed by atoms with Gasteiger partial charge in [0.05, 0.1) is 24.5 Å². The van der Waals surface area contributed by atoms with Crippen LogP contribution in [0.5, 0.6) is 5.75 Å². The Kier molecular flexibility index (Phi) is 7.20. The second kappa shape index (κ2) is 10.1. The van der Waals surface area contributed by atoms with Crippen molar-refractivity contribution in [1.29, 1.82) is 0 Å². The fourth-order valence-electron chi connectivity index (χ4n) is 3.91. The lowest BCUT2D eigenvalue weighted by atomic mass is 9.98. The highest BCUT2D eigenvalue weighted by atomic mass is 35.5. The van der Waals surface area contributed by atoms with Gasteiger partial charge in [0.25, 0.3) is 0 Å². The highest BCUT2D eigenvalue weighted by Crippen LogP contribution is 2.26. The molecule has 4 rings (SSSR count). The van der Waals surface area contributed by atoms with Crippen molar-refractivity contribution in [3.8, 4) is 17.1 Å². The first kappa shape index (κ1) is 24.2. The van der Waals surface area contributed by atoms with Crippen LogP contribution in [0, 0.1) is 5.92 Å². The van der Waals surface area contributed by atoms with Crippen LogP contribution in [0.4, 0.5) is 0 Å². The van der Waals surface area contributed by atoms with E-state index >= 15 is 0 Å². The normalized spacial score (nSPS) is 16.9. The van der Waals surface area contributed by atoms with Gasteiger partial charge in [-0.2, -0.15) is 9.29 Å². The summed E-state index contributed by atoms with van der Waals surface area (Å²) >= 11 is 5.88. The van der Waals surface area contributed by atoms with Gasteiger partial charge in [0.2, 0.25) is 27.6 Å². The summed E-state index contributed by atoms with van der Waals surface area (Å²) in [6.45, 7) is 0.606. The van der Waals surface area contributed by atoms with Crippen molar-refractivity contribution in [1.82, 2.24) is 19.3 Å². The summed E-state index contributed by atoms with van der Waals surface area (Å²) in [4.78, 5) is 19.1. The Morgan fingerprint density at radius 2 is 2.03 bits per heavy atom. The maximum atomic E-state index is 13.1. The van der Waals surface area contributed by atoms with E-state index in [2.05, 4.69) is 10.1 Å². The number of piperidine rings is 1. The fraction of sp³-hybridized carbons (Fsp3) is 0.348. The van der Waals surface area contributed by atoms with Crippen molar-refractivity contribution in [2.24, 2.45) is 5.92 Å². The van der Waals surface area contributed by atoms with Crippen molar-refractivity contribution < 1.29 is 22.5 Å². The number of benzene rings is 2. The van der Waals surface area contributed by atoms with Crippen LogP contribution in [0.2, 0.25) is 5.02 Å². The quantitative estimate of drug-likeness (QED) is 0.485.